The lowest BCUT2D eigenvalue weighted by atomic mass is 10.2. The molecule has 0 radical (unpaired) electrons. The van der Waals surface area contributed by atoms with Gasteiger partial charge in [-0.25, -0.2) is 19.6 Å². The Hall–Kier alpha value is -3.16. The second-order valence-corrected chi connectivity index (χ2v) is 4.04. The van der Waals surface area contributed by atoms with Crippen LogP contribution in [-0.2, 0) is 0 Å². The fourth-order valence-corrected chi connectivity index (χ4v) is 1.73. The van der Waals surface area contributed by atoms with E-state index in [4.69, 9.17) is 0 Å². The quantitative estimate of drug-likeness (QED) is 0.736. The van der Waals surface area contributed by atoms with Crippen molar-refractivity contribution in [3.63, 3.8) is 0 Å². The molecule has 0 saturated carbocycles. The average Bonchev–Trinajstić information content (AvgIpc) is 3.02. The number of pyridine rings is 2. The third-order valence-electron chi connectivity index (χ3n) is 2.66. The van der Waals surface area contributed by atoms with Crippen molar-refractivity contribution >= 4 is 11.6 Å². The number of nitrogens with one attached hydrogen (secondary N) is 1. The van der Waals surface area contributed by atoms with Crippen LogP contribution in [0, 0.1) is 5.95 Å². The van der Waals surface area contributed by atoms with Gasteiger partial charge in [0.15, 0.2) is 5.82 Å². The summed E-state index contributed by atoms with van der Waals surface area (Å²) in [5.74, 6) is -0.770. The lowest BCUT2D eigenvalue weighted by Gasteiger charge is -2.09. The van der Waals surface area contributed by atoms with Gasteiger partial charge in [0.25, 0.3) is 5.91 Å². The van der Waals surface area contributed by atoms with E-state index in [-0.39, 0.29) is 5.56 Å². The summed E-state index contributed by atoms with van der Waals surface area (Å²) in [6.45, 7) is 0. The zero-order valence-electron chi connectivity index (χ0n) is 10.6. The summed E-state index contributed by atoms with van der Waals surface area (Å²) in [5, 5.41) is 6.62. The highest BCUT2D eigenvalue weighted by Gasteiger charge is 2.12. The van der Waals surface area contributed by atoms with E-state index in [0.717, 1.165) is 6.07 Å². The third-order valence-corrected chi connectivity index (χ3v) is 2.66. The Bertz CT molecular complexity index is 774. The van der Waals surface area contributed by atoms with E-state index in [1.807, 2.05) is 0 Å². The van der Waals surface area contributed by atoms with E-state index in [0.29, 0.717) is 11.5 Å². The first-order chi connectivity index (χ1) is 10.2. The van der Waals surface area contributed by atoms with Crippen LogP contribution in [0.4, 0.5) is 10.1 Å². The molecule has 3 rings (SSSR count). The Morgan fingerprint density at radius 1 is 1.24 bits per heavy atom. The molecule has 3 aromatic heterocycles. The molecule has 1 N–H and O–H groups in total. The summed E-state index contributed by atoms with van der Waals surface area (Å²) in [5.41, 5.74) is 0.598. The fourth-order valence-electron chi connectivity index (χ4n) is 1.73. The fraction of sp³-hybridized carbons (Fsp3) is 0. The molecule has 0 aliphatic carbocycles. The van der Waals surface area contributed by atoms with E-state index >= 15 is 0 Å². The molecule has 21 heavy (non-hydrogen) atoms. The molecule has 7 nitrogen and oxygen atoms in total. The number of hydrogen-bond donors (Lipinski definition) is 1. The molecular formula is C13H9FN6O. The highest BCUT2D eigenvalue weighted by molar-refractivity contribution is 6.04. The van der Waals surface area contributed by atoms with E-state index in [2.05, 4.69) is 25.4 Å². The monoisotopic (exact) mass is 284 g/mol. The Balaban J connectivity index is 1.90. The van der Waals surface area contributed by atoms with E-state index < -0.39 is 11.9 Å². The highest BCUT2D eigenvalue weighted by Crippen LogP contribution is 2.16. The van der Waals surface area contributed by atoms with Crippen LogP contribution in [0.15, 0.2) is 49.3 Å². The number of carbonyl (C=O) groups is 1. The molecule has 0 spiro atoms. The minimum Gasteiger partial charge on any atom is -0.319 e. The van der Waals surface area contributed by atoms with Gasteiger partial charge in [0.2, 0.25) is 5.95 Å². The second kappa shape index (κ2) is 5.45. The number of aromatic nitrogens is 5. The maximum atomic E-state index is 13.0. The average molecular weight is 284 g/mol. The van der Waals surface area contributed by atoms with Gasteiger partial charge < -0.3 is 5.32 Å². The first-order valence-electron chi connectivity index (χ1n) is 5.97. The Morgan fingerprint density at radius 3 is 2.90 bits per heavy atom. The van der Waals surface area contributed by atoms with Crippen molar-refractivity contribution < 1.29 is 9.18 Å². The second-order valence-electron chi connectivity index (χ2n) is 4.04. The molecule has 0 saturated heterocycles. The first kappa shape index (κ1) is 12.9. The van der Waals surface area contributed by atoms with Crippen molar-refractivity contribution in [2.75, 3.05) is 5.32 Å². The number of amides is 1. The zero-order valence-corrected chi connectivity index (χ0v) is 10.6. The standard InChI is InChI=1S/C13H9FN6O/c14-11-6-9(3-5-16-11)13(21)19-10-2-1-4-17-12(10)20-8-15-7-18-20/h1-8H,(H,19,21). The summed E-state index contributed by atoms with van der Waals surface area (Å²) < 4.78 is 14.5. The number of anilines is 1. The molecule has 0 atom stereocenters. The van der Waals surface area contributed by atoms with Gasteiger partial charge in [0, 0.05) is 24.0 Å². The highest BCUT2D eigenvalue weighted by atomic mass is 19.1. The van der Waals surface area contributed by atoms with Crippen LogP contribution < -0.4 is 5.32 Å². The van der Waals surface area contributed by atoms with Gasteiger partial charge in [-0.05, 0) is 18.2 Å². The molecular weight excluding hydrogens is 275 g/mol. The summed E-state index contributed by atoms with van der Waals surface area (Å²) >= 11 is 0. The molecule has 0 unspecified atom stereocenters. The number of hydrogen-bond acceptors (Lipinski definition) is 5. The summed E-state index contributed by atoms with van der Waals surface area (Å²) in [6, 6.07) is 5.81. The van der Waals surface area contributed by atoms with Crippen molar-refractivity contribution in [1.29, 1.82) is 0 Å². The molecule has 0 fully saturated rings. The SMILES string of the molecule is O=C(Nc1cccnc1-n1cncn1)c1ccnc(F)c1. The Labute approximate surface area is 118 Å². The summed E-state index contributed by atoms with van der Waals surface area (Å²) in [6.07, 6.45) is 5.62. The molecule has 0 bridgehead atoms. The smallest absolute Gasteiger partial charge is 0.255 e. The van der Waals surface area contributed by atoms with Crippen LogP contribution in [0.25, 0.3) is 5.82 Å². The molecule has 0 aliphatic rings. The topological polar surface area (TPSA) is 85.6 Å². The van der Waals surface area contributed by atoms with Crippen LogP contribution in [0.1, 0.15) is 10.4 Å². The first-order valence-corrected chi connectivity index (χ1v) is 5.97. The number of carbonyl (C=O) groups excluding carboxylic acids is 1. The van der Waals surface area contributed by atoms with Crippen molar-refractivity contribution in [3.05, 3.63) is 60.8 Å². The van der Waals surface area contributed by atoms with Gasteiger partial charge in [-0.3, -0.25) is 4.79 Å². The summed E-state index contributed by atoms with van der Waals surface area (Å²) in [7, 11) is 0. The van der Waals surface area contributed by atoms with Crippen molar-refractivity contribution in [2.24, 2.45) is 0 Å². The van der Waals surface area contributed by atoms with Crippen LogP contribution in [-0.4, -0.2) is 30.6 Å². The van der Waals surface area contributed by atoms with E-state index in [1.165, 1.54) is 29.6 Å². The predicted octanol–water partition coefficient (Wildman–Crippen LogP) is 1.45. The third kappa shape index (κ3) is 2.73. The predicted molar refractivity (Wildman–Crippen MR) is 71.3 cm³/mol. The minimum atomic E-state index is -0.717. The zero-order chi connectivity index (χ0) is 14.7. The van der Waals surface area contributed by atoms with Gasteiger partial charge in [-0.15, -0.1) is 0 Å². The van der Waals surface area contributed by atoms with Gasteiger partial charge >= 0.3 is 0 Å². The lowest BCUT2D eigenvalue weighted by molar-refractivity contribution is 0.102. The maximum absolute atomic E-state index is 13.0. The molecule has 0 aromatic carbocycles. The van der Waals surface area contributed by atoms with Crippen molar-refractivity contribution in [1.82, 2.24) is 24.7 Å². The molecule has 1 amide bonds. The summed E-state index contributed by atoms with van der Waals surface area (Å²) in [4.78, 5) is 23.5. The number of halogens is 1. The van der Waals surface area contributed by atoms with E-state index in [1.54, 1.807) is 18.3 Å². The Morgan fingerprint density at radius 2 is 2.14 bits per heavy atom. The largest absolute Gasteiger partial charge is 0.319 e. The number of nitrogens with zero attached hydrogens (tertiary/aromatic N) is 5. The number of rotatable bonds is 3. The normalized spacial score (nSPS) is 10.3. The Kier molecular flexibility index (Phi) is 3.34. The van der Waals surface area contributed by atoms with Gasteiger partial charge in [-0.2, -0.15) is 9.49 Å². The molecule has 104 valence electrons. The van der Waals surface area contributed by atoms with Crippen LogP contribution in [0.3, 0.4) is 0 Å². The van der Waals surface area contributed by atoms with E-state index in [9.17, 15) is 9.18 Å². The lowest BCUT2D eigenvalue weighted by Crippen LogP contribution is -2.15. The van der Waals surface area contributed by atoms with Crippen LogP contribution in [0.2, 0.25) is 0 Å². The molecule has 3 heterocycles. The molecule has 3 aromatic rings. The van der Waals surface area contributed by atoms with Crippen LogP contribution >= 0.6 is 0 Å². The maximum Gasteiger partial charge on any atom is 0.255 e. The minimum absolute atomic E-state index is 0.163. The van der Waals surface area contributed by atoms with Crippen molar-refractivity contribution in [3.8, 4) is 5.82 Å². The van der Waals surface area contributed by atoms with Gasteiger partial charge in [-0.1, -0.05) is 0 Å². The van der Waals surface area contributed by atoms with Gasteiger partial charge in [0.1, 0.15) is 12.7 Å². The van der Waals surface area contributed by atoms with Crippen molar-refractivity contribution in [2.45, 2.75) is 0 Å². The molecule has 8 heteroatoms. The van der Waals surface area contributed by atoms with Crippen LogP contribution in [0.5, 0.6) is 0 Å². The molecule has 0 aliphatic heterocycles. The van der Waals surface area contributed by atoms with Gasteiger partial charge in [0.05, 0.1) is 5.69 Å².